The van der Waals surface area contributed by atoms with E-state index in [-0.39, 0.29) is 11.2 Å². The van der Waals surface area contributed by atoms with Crippen LogP contribution < -0.4 is 14.8 Å². The van der Waals surface area contributed by atoms with Crippen molar-refractivity contribution < 1.29 is 14.3 Å². The Labute approximate surface area is 175 Å². The molecule has 3 rings (SSSR count). The number of aryl methyl sites for hydroxylation is 1. The smallest absolute Gasteiger partial charge is 0.237 e. The predicted octanol–water partition coefficient (Wildman–Crippen LogP) is 4.63. The van der Waals surface area contributed by atoms with Gasteiger partial charge >= 0.3 is 0 Å². The highest BCUT2D eigenvalue weighted by Crippen LogP contribution is 2.31. The number of carbonyl (C=O) groups excluding carboxylic acids is 1. The third kappa shape index (κ3) is 4.56. The molecule has 0 aliphatic heterocycles. The predicted molar refractivity (Wildman–Crippen MR) is 117 cm³/mol. The summed E-state index contributed by atoms with van der Waals surface area (Å²) in [7, 11) is 3.15. The summed E-state index contributed by atoms with van der Waals surface area (Å²) in [5.41, 5.74) is 4.03. The second kappa shape index (κ2) is 9.05. The maximum absolute atomic E-state index is 12.8. The Morgan fingerprint density at radius 1 is 1.17 bits per heavy atom. The number of ether oxygens (including phenoxy) is 2. The lowest BCUT2D eigenvalue weighted by Crippen LogP contribution is -2.23. The van der Waals surface area contributed by atoms with E-state index < -0.39 is 0 Å². The quantitative estimate of drug-likeness (QED) is 0.575. The summed E-state index contributed by atoms with van der Waals surface area (Å²) in [5.74, 6) is 1.08. The van der Waals surface area contributed by atoms with Crippen molar-refractivity contribution in [2.75, 3.05) is 19.5 Å². The van der Waals surface area contributed by atoms with E-state index in [0.717, 1.165) is 10.8 Å². The summed E-state index contributed by atoms with van der Waals surface area (Å²) in [4.78, 5) is 17.3. The number of nitrogens with zero attached hydrogens (tertiary/aromatic N) is 2. The number of amides is 1. The Kier molecular flexibility index (Phi) is 6.49. The summed E-state index contributed by atoms with van der Waals surface area (Å²) in [6.07, 6.45) is 3.67. The van der Waals surface area contributed by atoms with Crippen LogP contribution >= 0.6 is 11.8 Å². The van der Waals surface area contributed by atoms with Crippen LogP contribution in [0.2, 0.25) is 0 Å². The Morgan fingerprint density at radius 3 is 2.69 bits per heavy atom. The molecular formula is C22H25N3O3S. The van der Waals surface area contributed by atoms with Gasteiger partial charge in [-0.15, -0.1) is 0 Å². The first-order valence-electron chi connectivity index (χ1n) is 9.24. The normalized spacial score (nSPS) is 11.8. The number of methoxy groups -OCH3 is 2. The minimum Gasteiger partial charge on any atom is -0.497 e. The van der Waals surface area contributed by atoms with Gasteiger partial charge in [0.15, 0.2) is 5.16 Å². The standard InChI is InChI=1S/C22H25N3O3S/c1-14-7-6-8-19(15(14)2)25-12-11-23-22(25)29-16(3)21(26)24-18-13-17(27-4)9-10-20(18)28-5/h6-13,16H,1-5H3,(H,24,26). The van der Waals surface area contributed by atoms with E-state index in [0.29, 0.717) is 17.2 Å². The van der Waals surface area contributed by atoms with Gasteiger partial charge in [-0.2, -0.15) is 0 Å². The molecular weight excluding hydrogens is 386 g/mol. The molecule has 1 heterocycles. The van der Waals surface area contributed by atoms with Crippen LogP contribution in [0.4, 0.5) is 5.69 Å². The van der Waals surface area contributed by atoms with Gasteiger partial charge in [-0.3, -0.25) is 9.36 Å². The van der Waals surface area contributed by atoms with E-state index in [9.17, 15) is 4.79 Å². The van der Waals surface area contributed by atoms with Gasteiger partial charge in [-0.25, -0.2) is 4.98 Å². The highest BCUT2D eigenvalue weighted by atomic mass is 32.2. The van der Waals surface area contributed by atoms with Crippen molar-refractivity contribution in [2.45, 2.75) is 31.2 Å². The summed E-state index contributed by atoms with van der Waals surface area (Å²) >= 11 is 1.40. The zero-order valence-electron chi connectivity index (χ0n) is 17.2. The molecule has 0 radical (unpaired) electrons. The van der Waals surface area contributed by atoms with Crippen molar-refractivity contribution in [1.82, 2.24) is 9.55 Å². The molecule has 0 saturated carbocycles. The molecule has 0 bridgehead atoms. The second-order valence-corrected chi connectivity index (χ2v) is 7.92. The van der Waals surface area contributed by atoms with E-state index in [1.165, 1.54) is 22.9 Å². The number of hydrogen-bond donors (Lipinski definition) is 1. The fraction of sp³-hybridized carbons (Fsp3) is 0.273. The minimum atomic E-state index is -0.364. The van der Waals surface area contributed by atoms with Crippen molar-refractivity contribution in [2.24, 2.45) is 0 Å². The van der Waals surface area contributed by atoms with Crippen molar-refractivity contribution in [1.29, 1.82) is 0 Å². The molecule has 6 nitrogen and oxygen atoms in total. The molecule has 1 amide bonds. The van der Waals surface area contributed by atoms with Crippen LogP contribution in [-0.2, 0) is 4.79 Å². The molecule has 1 N–H and O–H groups in total. The Morgan fingerprint density at radius 2 is 1.97 bits per heavy atom. The second-order valence-electron chi connectivity index (χ2n) is 6.61. The maximum Gasteiger partial charge on any atom is 0.237 e. The number of imidazole rings is 1. The molecule has 1 aromatic heterocycles. The first-order valence-corrected chi connectivity index (χ1v) is 10.1. The molecule has 3 aromatic rings. The molecule has 2 aromatic carbocycles. The minimum absolute atomic E-state index is 0.142. The molecule has 0 fully saturated rings. The lowest BCUT2D eigenvalue weighted by atomic mass is 10.1. The number of benzene rings is 2. The van der Waals surface area contributed by atoms with Crippen molar-refractivity contribution >= 4 is 23.4 Å². The van der Waals surface area contributed by atoms with Crippen LogP contribution in [0.3, 0.4) is 0 Å². The van der Waals surface area contributed by atoms with Gasteiger partial charge in [-0.05, 0) is 50.1 Å². The number of thioether (sulfide) groups is 1. The van der Waals surface area contributed by atoms with E-state index in [1.54, 1.807) is 38.6 Å². The fourth-order valence-electron chi connectivity index (χ4n) is 2.91. The molecule has 1 atom stereocenters. The van der Waals surface area contributed by atoms with Crippen molar-refractivity contribution in [3.63, 3.8) is 0 Å². The zero-order chi connectivity index (χ0) is 21.0. The van der Waals surface area contributed by atoms with Gasteiger partial charge in [-0.1, -0.05) is 23.9 Å². The van der Waals surface area contributed by atoms with Crippen LogP contribution in [-0.4, -0.2) is 34.9 Å². The van der Waals surface area contributed by atoms with Gasteiger partial charge in [0, 0.05) is 18.5 Å². The third-order valence-corrected chi connectivity index (χ3v) is 5.84. The lowest BCUT2D eigenvalue weighted by Gasteiger charge is -2.16. The van der Waals surface area contributed by atoms with Crippen LogP contribution in [0.15, 0.2) is 53.9 Å². The number of anilines is 1. The zero-order valence-corrected chi connectivity index (χ0v) is 18.0. The summed E-state index contributed by atoms with van der Waals surface area (Å²) < 4.78 is 12.6. The monoisotopic (exact) mass is 411 g/mol. The number of aromatic nitrogens is 2. The Hall–Kier alpha value is -2.93. The number of carbonyl (C=O) groups is 1. The van der Waals surface area contributed by atoms with Crippen LogP contribution in [0.5, 0.6) is 11.5 Å². The molecule has 29 heavy (non-hydrogen) atoms. The summed E-state index contributed by atoms with van der Waals surface area (Å²) in [6.45, 7) is 6.03. The van der Waals surface area contributed by atoms with Gasteiger partial charge < -0.3 is 14.8 Å². The third-order valence-electron chi connectivity index (χ3n) is 4.76. The van der Waals surface area contributed by atoms with E-state index in [2.05, 4.69) is 36.3 Å². The molecule has 0 saturated heterocycles. The maximum atomic E-state index is 12.8. The molecule has 0 aliphatic rings. The molecule has 1 unspecified atom stereocenters. The molecule has 0 aliphatic carbocycles. The van der Waals surface area contributed by atoms with Gasteiger partial charge in [0.05, 0.1) is 30.8 Å². The summed E-state index contributed by atoms with van der Waals surface area (Å²) in [5, 5.41) is 3.33. The average Bonchev–Trinajstić information content (AvgIpc) is 3.17. The SMILES string of the molecule is COc1ccc(OC)c(NC(=O)C(C)Sc2nccn2-c2cccc(C)c2C)c1. The van der Waals surface area contributed by atoms with Crippen LogP contribution in [0, 0.1) is 13.8 Å². The van der Waals surface area contributed by atoms with Crippen molar-refractivity contribution in [3.8, 4) is 17.2 Å². The van der Waals surface area contributed by atoms with Gasteiger partial charge in [0.2, 0.25) is 5.91 Å². The fourth-order valence-corrected chi connectivity index (χ4v) is 3.79. The highest BCUT2D eigenvalue weighted by molar-refractivity contribution is 8.00. The first-order chi connectivity index (χ1) is 13.9. The van der Waals surface area contributed by atoms with E-state index in [4.69, 9.17) is 9.47 Å². The Bertz CT molecular complexity index is 1020. The average molecular weight is 412 g/mol. The van der Waals surface area contributed by atoms with Crippen LogP contribution in [0.25, 0.3) is 5.69 Å². The topological polar surface area (TPSA) is 65.4 Å². The van der Waals surface area contributed by atoms with Gasteiger partial charge in [0.25, 0.3) is 0 Å². The van der Waals surface area contributed by atoms with Crippen LogP contribution in [0.1, 0.15) is 18.1 Å². The number of rotatable bonds is 7. The number of hydrogen-bond acceptors (Lipinski definition) is 5. The first kappa shape index (κ1) is 20.8. The summed E-state index contributed by atoms with van der Waals surface area (Å²) in [6, 6.07) is 11.5. The molecule has 0 spiro atoms. The van der Waals surface area contributed by atoms with E-state index >= 15 is 0 Å². The highest BCUT2D eigenvalue weighted by Gasteiger charge is 2.20. The van der Waals surface area contributed by atoms with Gasteiger partial charge in [0.1, 0.15) is 11.5 Å². The lowest BCUT2D eigenvalue weighted by molar-refractivity contribution is -0.115. The Balaban J connectivity index is 1.78. The van der Waals surface area contributed by atoms with E-state index in [1.807, 2.05) is 23.8 Å². The molecule has 7 heteroatoms. The van der Waals surface area contributed by atoms with Crippen molar-refractivity contribution in [3.05, 3.63) is 59.9 Å². The molecule has 152 valence electrons. The number of nitrogens with one attached hydrogen (secondary N) is 1. The largest absolute Gasteiger partial charge is 0.497 e.